The third kappa shape index (κ3) is 1.69. The highest BCUT2D eigenvalue weighted by Crippen LogP contribution is 2.30. The standard InChI is InChI=1S/C12H15NO2/c1-9-7-8-10-5-3-4-6-11(10)13(9)12(14)15-2/h3-6,9H,7-8H2,1-2H3. The van der Waals surface area contributed by atoms with Crippen LogP contribution in [-0.4, -0.2) is 19.2 Å². The maximum atomic E-state index is 11.6. The number of methoxy groups -OCH3 is 1. The number of amides is 1. The predicted molar refractivity (Wildman–Crippen MR) is 59.1 cm³/mol. The lowest BCUT2D eigenvalue weighted by Crippen LogP contribution is -2.41. The van der Waals surface area contributed by atoms with Gasteiger partial charge in [0, 0.05) is 6.04 Å². The van der Waals surface area contributed by atoms with Gasteiger partial charge < -0.3 is 4.74 Å². The van der Waals surface area contributed by atoms with E-state index in [4.69, 9.17) is 4.74 Å². The minimum absolute atomic E-state index is 0.215. The molecule has 1 aromatic carbocycles. The smallest absolute Gasteiger partial charge is 0.414 e. The maximum absolute atomic E-state index is 11.6. The fourth-order valence-electron chi connectivity index (χ4n) is 2.06. The first-order valence-electron chi connectivity index (χ1n) is 5.19. The van der Waals surface area contributed by atoms with Crippen LogP contribution in [0.4, 0.5) is 10.5 Å². The third-order valence-corrected chi connectivity index (χ3v) is 2.89. The van der Waals surface area contributed by atoms with E-state index in [1.165, 1.54) is 12.7 Å². The predicted octanol–water partition coefficient (Wildman–Crippen LogP) is 2.59. The molecule has 1 heterocycles. The molecular weight excluding hydrogens is 190 g/mol. The van der Waals surface area contributed by atoms with E-state index in [1.54, 1.807) is 4.90 Å². The molecule has 0 spiro atoms. The average Bonchev–Trinajstić information content (AvgIpc) is 2.28. The Morgan fingerprint density at radius 1 is 1.47 bits per heavy atom. The van der Waals surface area contributed by atoms with Gasteiger partial charge in [0.2, 0.25) is 0 Å². The summed E-state index contributed by atoms with van der Waals surface area (Å²) in [5, 5.41) is 0. The van der Waals surface area contributed by atoms with E-state index in [9.17, 15) is 4.79 Å². The number of ether oxygens (including phenoxy) is 1. The van der Waals surface area contributed by atoms with Gasteiger partial charge in [0.25, 0.3) is 0 Å². The van der Waals surface area contributed by atoms with Gasteiger partial charge in [0.05, 0.1) is 12.8 Å². The SMILES string of the molecule is COC(=O)N1c2ccccc2CCC1C. The lowest BCUT2D eigenvalue weighted by atomic mass is 9.97. The summed E-state index contributed by atoms with van der Waals surface area (Å²) < 4.78 is 4.80. The van der Waals surface area contributed by atoms with E-state index < -0.39 is 0 Å². The van der Waals surface area contributed by atoms with E-state index in [1.807, 2.05) is 25.1 Å². The summed E-state index contributed by atoms with van der Waals surface area (Å²) in [4.78, 5) is 13.4. The van der Waals surface area contributed by atoms with Gasteiger partial charge in [-0.25, -0.2) is 4.79 Å². The number of nitrogens with zero attached hydrogens (tertiary/aromatic N) is 1. The van der Waals surface area contributed by atoms with Gasteiger partial charge in [0.1, 0.15) is 0 Å². The summed E-state index contributed by atoms with van der Waals surface area (Å²) in [5.41, 5.74) is 2.21. The Morgan fingerprint density at radius 3 is 2.93 bits per heavy atom. The van der Waals surface area contributed by atoms with Crippen molar-refractivity contribution in [3.8, 4) is 0 Å². The molecule has 1 amide bonds. The molecule has 0 saturated carbocycles. The molecule has 1 aliphatic heterocycles. The van der Waals surface area contributed by atoms with Crippen molar-refractivity contribution in [2.45, 2.75) is 25.8 Å². The number of carbonyl (C=O) groups is 1. The first-order chi connectivity index (χ1) is 7.24. The van der Waals surface area contributed by atoms with Crippen molar-refractivity contribution >= 4 is 11.8 Å². The minimum atomic E-state index is -0.269. The van der Waals surface area contributed by atoms with Crippen molar-refractivity contribution in [1.82, 2.24) is 0 Å². The highest BCUT2D eigenvalue weighted by molar-refractivity contribution is 5.89. The van der Waals surface area contributed by atoms with Crippen LogP contribution in [0.1, 0.15) is 18.9 Å². The molecule has 0 aliphatic carbocycles. The van der Waals surface area contributed by atoms with Gasteiger partial charge in [-0.05, 0) is 31.4 Å². The summed E-state index contributed by atoms with van der Waals surface area (Å²) in [7, 11) is 1.42. The fourth-order valence-corrected chi connectivity index (χ4v) is 2.06. The summed E-state index contributed by atoms with van der Waals surface area (Å²) in [5.74, 6) is 0. The van der Waals surface area contributed by atoms with Crippen molar-refractivity contribution < 1.29 is 9.53 Å². The number of fused-ring (bicyclic) bond motifs is 1. The lowest BCUT2D eigenvalue weighted by molar-refractivity contribution is 0.175. The minimum Gasteiger partial charge on any atom is -0.452 e. The molecule has 3 heteroatoms. The average molecular weight is 205 g/mol. The Bertz CT molecular complexity index is 376. The molecule has 1 atom stereocenters. The number of carbonyl (C=O) groups excluding carboxylic acids is 1. The Balaban J connectivity index is 2.41. The van der Waals surface area contributed by atoms with Gasteiger partial charge in [-0.2, -0.15) is 0 Å². The second kappa shape index (κ2) is 3.93. The second-order valence-electron chi connectivity index (χ2n) is 3.86. The van der Waals surface area contributed by atoms with Crippen molar-refractivity contribution in [1.29, 1.82) is 0 Å². The van der Waals surface area contributed by atoms with Crippen LogP contribution < -0.4 is 4.90 Å². The maximum Gasteiger partial charge on any atom is 0.414 e. The quantitative estimate of drug-likeness (QED) is 0.651. The van der Waals surface area contributed by atoms with Gasteiger partial charge in [0.15, 0.2) is 0 Å². The molecule has 0 saturated heterocycles. The van der Waals surface area contributed by atoms with Crippen molar-refractivity contribution in [3.05, 3.63) is 29.8 Å². The van der Waals surface area contributed by atoms with E-state index in [0.29, 0.717) is 0 Å². The van der Waals surface area contributed by atoms with Gasteiger partial charge in [-0.15, -0.1) is 0 Å². The van der Waals surface area contributed by atoms with E-state index in [0.717, 1.165) is 18.5 Å². The summed E-state index contributed by atoms with van der Waals surface area (Å²) >= 11 is 0. The molecule has 2 rings (SSSR count). The Hall–Kier alpha value is -1.51. The highest BCUT2D eigenvalue weighted by atomic mass is 16.5. The number of para-hydroxylation sites is 1. The zero-order valence-corrected chi connectivity index (χ0v) is 9.06. The molecular formula is C12H15NO2. The molecule has 0 N–H and O–H groups in total. The van der Waals surface area contributed by atoms with Crippen LogP contribution in [0.25, 0.3) is 0 Å². The Morgan fingerprint density at radius 2 is 2.20 bits per heavy atom. The van der Waals surface area contributed by atoms with Gasteiger partial charge >= 0.3 is 6.09 Å². The summed E-state index contributed by atoms with van der Waals surface area (Å²) in [6.07, 6.45) is 1.76. The zero-order valence-electron chi connectivity index (χ0n) is 9.06. The van der Waals surface area contributed by atoms with E-state index in [-0.39, 0.29) is 12.1 Å². The fraction of sp³-hybridized carbons (Fsp3) is 0.417. The van der Waals surface area contributed by atoms with Gasteiger partial charge in [-0.1, -0.05) is 18.2 Å². The van der Waals surface area contributed by atoms with Crippen LogP contribution in [-0.2, 0) is 11.2 Å². The molecule has 0 bridgehead atoms. The monoisotopic (exact) mass is 205 g/mol. The molecule has 15 heavy (non-hydrogen) atoms. The number of hydrogen-bond acceptors (Lipinski definition) is 2. The number of aryl methyl sites for hydroxylation is 1. The van der Waals surface area contributed by atoms with Crippen molar-refractivity contribution in [2.75, 3.05) is 12.0 Å². The lowest BCUT2D eigenvalue weighted by Gasteiger charge is -2.33. The molecule has 0 fully saturated rings. The van der Waals surface area contributed by atoms with E-state index in [2.05, 4.69) is 6.07 Å². The van der Waals surface area contributed by atoms with Crippen LogP contribution in [0.15, 0.2) is 24.3 Å². The topological polar surface area (TPSA) is 29.5 Å². The largest absolute Gasteiger partial charge is 0.452 e. The van der Waals surface area contributed by atoms with Crippen LogP contribution >= 0.6 is 0 Å². The number of hydrogen-bond donors (Lipinski definition) is 0. The first kappa shape index (κ1) is 10.0. The highest BCUT2D eigenvalue weighted by Gasteiger charge is 2.28. The van der Waals surface area contributed by atoms with Crippen molar-refractivity contribution in [3.63, 3.8) is 0 Å². The molecule has 80 valence electrons. The first-order valence-corrected chi connectivity index (χ1v) is 5.19. The Labute approximate surface area is 89.7 Å². The van der Waals surface area contributed by atoms with Crippen LogP contribution in [0.3, 0.4) is 0 Å². The summed E-state index contributed by atoms with van der Waals surface area (Å²) in [6, 6.07) is 8.21. The molecule has 0 radical (unpaired) electrons. The molecule has 3 nitrogen and oxygen atoms in total. The van der Waals surface area contributed by atoms with Crippen LogP contribution in [0.5, 0.6) is 0 Å². The number of benzene rings is 1. The normalized spacial score (nSPS) is 19.6. The van der Waals surface area contributed by atoms with E-state index >= 15 is 0 Å². The zero-order chi connectivity index (χ0) is 10.8. The van der Waals surface area contributed by atoms with Crippen LogP contribution in [0.2, 0.25) is 0 Å². The molecule has 1 unspecified atom stereocenters. The Kier molecular flexibility index (Phi) is 2.62. The third-order valence-electron chi connectivity index (χ3n) is 2.89. The van der Waals surface area contributed by atoms with Gasteiger partial charge in [-0.3, -0.25) is 4.90 Å². The molecule has 1 aliphatic rings. The molecule has 0 aromatic heterocycles. The second-order valence-corrected chi connectivity index (χ2v) is 3.86. The number of rotatable bonds is 0. The van der Waals surface area contributed by atoms with Crippen molar-refractivity contribution in [2.24, 2.45) is 0 Å². The number of anilines is 1. The van der Waals surface area contributed by atoms with Crippen LogP contribution in [0, 0.1) is 0 Å². The molecule has 1 aromatic rings. The summed E-state index contributed by atoms with van der Waals surface area (Å²) in [6.45, 7) is 2.05.